The predicted molar refractivity (Wildman–Crippen MR) is 104 cm³/mol. The zero-order chi connectivity index (χ0) is 18.5. The molecule has 0 N–H and O–H groups in total. The molecule has 1 atom stereocenters. The van der Waals surface area contributed by atoms with Gasteiger partial charge in [-0.05, 0) is 42.7 Å². The summed E-state index contributed by atoms with van der Waals surface area (Å²) in [6.07, 6.45) is 6.02. The zero-order valence-electron chi connectivity index (χ0n) is 15.8. The molecule has 1 aliphatic heterocycles. The highest BCUT2D eigenvalue weighted by molar-refractivity contribution is 5.94. The third-order valence-electron chi connectivity index (χ3n) is 4.97. The molecule has 3 rings (SSSR count). The van der Waals surface area contributed by atoms with Gasteiger partial charge >= 0.3 is 0 Å². The van der Waals surface area contributed by atoms with E-state index in [4.69, 9.17) is 4.74 Å². The Morgan fingerprint density at radius 1 is 1.12 bits per heavy atom. The topological polar surface area (TPSA) is 45.7 Å². The van der Waals surface area contributed by atoms with Crippen molar-refractivity contribution in [3.63, 3.8) is 0 Å². The Bertz CT molecular complexity index is 726. The Kier molecular flexibility index (Phi) is 5.76. The van der Waals surface area contributed by atoms with Gasteiger partial charge in [0.05, 0.1) is 18.7 Å². The third kappa shape index (κ3) is 3.98. The van der Waals surface area contributed by atoms with Crippen molar-refractivity contribution < 1.29 is 9.53 Å². The van der Waals surface area contributed by atoms with E-state index in [9.17, 15) is 4.79 Å². The summed E-state index contributed by atoms with van der Waals surface area (Å²) in [5.41, 5.74) is 1.81. The van der Waals surface area contributed by atoms with E-state index < -0.39 is 0 Å². The second kappa shape index (κ2) is 8.21. The molecule has 1 fully saturated rings. The first kappa shape index (κ1) is 18.2. The molecule has 2 heterocycles. The Morgan fingerprint density at radius 3 is 2.50 bits per heavy atom. The molecule has 5 heteroatoms. The Hall–Kier alpha value is -2.56. The molecule has 138 valence electrons. The minimum absolute atomic E-state index is 0.0607. The summed E-state index contributed by atoms with van der Waals surface area (Å²) < 4.78 is 5.26. The minimum atomic E-state index is 0.0607. The lowest BCUT2D eigenvalue weighted by Crippen LogP contribution is -2.35. The Balaban J connectivity index is 1.86. The molecule has 1 unspecified atom stereocenters. The molecule has 1 aromatic heterocycles. The molecule has 0 aliphatic carbocycles. The van der Waals surface area contributed by atoms with Gasteiger partial charge in [-0.1, -0.05) is 25.0 Å². The molecule has 1 aromatic carbocycles. The average molecular weight is 353 g/mol. The number of rotatable bonds is 4. The van der Waals surface area contributed by atoms with Gasteiger partial charge in [-0.25, -0.2) is 4.98 Å². The SMILES string of the molecule is COc1ccc(C2CCCCCN2C(=O)c2ccc(N(C)C)nc2)cc1. The fourth-order valence-corrected chi connectivity index (χ4v) is 3.47. The number of carbonyl (C=O) groups excluding carboxylic acids is 1. The van der Waals surface area contributed by atoms with Crippen molar-refractivity contribution in [2.75, 3.05) is 32.6 Å². The number of pyridine rings is 1. The van der Waals surface area contributed by atoms with Crippen molar-refractivity contribution in [2.24, 2.45) is 0 Å². The number of nitrogens with zero attached hydrogens (tertiary/aromatic N) is 3. The number of anilines is 1. The van der Waals surface area contributed by atoms with Gasteiger partial charge in [0.1, 0.15) is 11.6 Å². The van der Waals surface area contributed by atoms with Crippen LogP contribution in [-0.2, 0) is 0 Å². The molecule has 2 aromatic rings. The summed E-state index contributed by atoms with van der Waals surface area (Å²) in [4.78, 5) is 21.5. The molecule has 26 heavy (non-hydrogen) atoms. The van der Waals surface area contributed by atoms with Crippen LogP contribution in [-0.4, -0.2) is 43.5 Å². The van der Waals surface area contributed by atoms with Gasteiger partial charge in [-0.15, -0.1) is 0 Å². The molecule has 0 radical (unpaired) electrons. The number of aromatic nitrogens is 1. The molecule has 0 bridgehead atoms. The van der Waals surface area contributed by atoms with Crippen molar-refractivity contribution in [1.82, 2.24) is 9.88 Å². The van der Waals surface area contributed by atoms with Crippen LogP contribution >= 0.6 is 0 Å². The smallest absolute Gasteiger partial charge is 0.255 e. The molecule has 0 saturated carbocycles. The number of ether oxygens (including phenoxy) is 1. The lowest BCUT2D eigenvalue weighted by Gasteiger charge is -2.30. The van der Waals surface area contributed by atoms with Crippen LogP contribution in [0.4, 0.5) is 5.82 Å². The Morgan fingerprint density at radius 2 is 1.88 bits per heavy atom. The van der Waals surface area contributed by atoms with Crippen LogP contribution < -0.4 is 9.64 Å². The van der Waals surface area contributed by atoms with E-state index in [1.165, 1.54) is 5.56 Å². The summed E-state index contributed by atoms with van der Waals surface area (Å²) in [6.45, 7) is 0.783. The van der Waals surface area contributed by atoms with E-state index in [-0.39, 0.29) is 11.9 Å². The first-order chi connectivity index (χ1) is 12.6. The fraction of sp³-hybridized carbons (Fsp3) is 0.429. The van der Waals surface area contributed by atoms with Crippen LogP contribution in [0.3, 0.4) is 0 Å². The van der Waals surface area contributed by atoms with Crippen molar-refractivity contribution >= 4 is 11.7 Å². The summed E-state index contributed by atoms with van der Waals surface area (Å²) in [5, 5.41) is 0. The summed E-state index contributed by atoms with van der Waals surface area (Å²) in [5.74, 6) is 1.75. The third-order valence-corrected chi connectivity index (χ3v) is 4.97. The van der Waals surface area contributed by atoms with E-state index in [1.807, 2.05) is 48.2 Å². The number of hydrogen-bond donors (Lipinski definition) is 0. The molecular formula is C21H27N3O2. The normalized spacial score (nSPS) is 17.5. The first-order valence-corrected chi connectivity index (χ1v) is 9.18. The highest BCUT2D eigenvalue weighted by atomic mass is 16.5. The molecule has 1 saturated heterocycles. The largest absolute Gasteiger partial charge is 0.497 e. The lowest BCUT2D eigenvalue weighted by molar-refractivity contribution is 0.0680. The van der Waals surface area contributed by atoms with E-state index in [1.54, 1.807) is 13.3 Å². The molecule has 5 nitrogen and oxygen atoms in total. The fourth-order valence-electron chi connectivity index (χ4n) is 3.47. The minimum Gasteiger partial charge on any atom is -0.497 e. The number of amides is 1. The van der Waals surface area contributed by atoms with E-state index in [2.05, 4.69) is 17.1 Å². The van der Waals surface area contributed by atoms with Gasteiger partial charge in [0.15, 0.2) is 0 Å². The van der Waals surface area contributed by atoms with Crippen LogP contribution in [0.25, 0.3) is 0 Å². The quantitative estimate of drug-likeness (QED) is 0.836. The van der Waals surface area contributed by atoms with E-state index in [0.29, 0.717) is 5.56 Å². The highest BCUT2D eigenvalue weighted by Gasteiger charge is 2.27. The van der Waals surface area contributed by atoms with Gasteiger partial charge in [-0.3, -0.25) is 4.79 Å². The van der Waals surface area contributed by atoms with Crippen molar-refractivity contribution in [3.8, 4) is 5.75 Å². The molecule has 0 spiro atoms. The van der Waals surface area contributed by atoms with Crippen LogP contribution in [0.2, 0.25) is 0 Å². The van der Waals surface area contributed by atoms with Gasteiger partial charge in [0, 0.05) is 26.8 Å². The number of hydrogen-bond acceptors (Lipinski definition) is 4. The standard InChI is InChI=1S/C21H27N3O2/c1-23(2)20-13-10-17(15-22-20)21(25)24-14-6-4-5-7-19(24)16-8-11-18(26-3)12-9-16/h8-13,15,19H,4-7,14H2,1-3H3. The molecule has 1 amide bonds. The molecular weight excluding hydrogens is 326 g/mol. The average Bonchev–Trinajstić information content (AvgIpc) is 2.93. The van der Waals surface area contributed by atoms with Crippen LogP contribution in [0, 0.1) is 0 Å². The highest BCUT2D eigenvalue weighted by Crippen LogP contribution is 2.32. The monoisotopic (exact) mass is 353 g/mol. The predicted octanol–water partition coefficient (Wildman–Crippen LogP) is 3.91. The van der Waals surface area contributed by atoms with Crippen LogP contribution in [0.1, 0.15) is 47.6 Å². The molecule has 1 aliphatic rings. The van der Waals surface area contributed by atoms with Crippen LogP contribution in [0.5, 0.6) is 5.75 Å². The number of likely N-dealkylation sites (tertiary alicyclic amines) is 1. The van der Waals surface area contributed by atoms with Crippen molar-refractivity contribution in [3.05, 3.63) is 53.7 Å². The van der Waals surface area contributed by atoms with Crippen molar-refractivity contribution in [2.45, 2.75) is 31.7 Å². The second-order valence-corrected chi connectivity index (χ2v) is 6.94. The van der Waals surface area contributed by atoms with Gasteiger partial charge < -0.3 is 14.5 Å². The summed E-state index contributed by atoms with van der Waals surface area (Å²) in [7, 11) is 5.55. The van der Waals surface area contributed by atoms with Crippen LogP contribution in [0.15, 0.2) is 42.6 Å². The maximum Gasteiger partial charge on any atom is 0.255 e. The number of methoxy groups -OCH3 is 1. The Labute approximate surface area is 155 Å². The number of carbonyl (C=O) groups is 1. The zero-order valence-corrected chi connectivity index (χ0v) is 15.8. The lowest BCUT2D eigenvalue weighted by atomic mass is 10.00. The van der Waals surface area contributed by atoms with E-state index in [0.717, 1.165) is 43.8 Å². The van der Waals surface area contributed by atoms with Gasteiger partial charge in [0.25, 0.3) is 5.91 Å². The van der Waals surface area contributed by atoms with Gasteiger partial charge in [0.2, 0.25) is 0 Å². The summed E-state index contributed by atoms with van der Waals surface area (Å²) >= 11 is 0. The maximum absolute atomic E-state index is 13.2. The van der Waals surface area contributed by atoms with Gasteiger partial charge in [-0.2, -0.15) is 0 Å². The second-order valence-electron chi connectivity index (χ2n) is 6.94. The maximum atomic E-state index is 13.2. The van der Waals surface area contributed by atoms with Crippen molar-refractivity contribution in [1.29, 1.82) is 0 Å². The summed E-state index contributed by atoms with van der Waals surface area (Å²) in [6, 6.07) is 12.0. The van der Waals surface area contributed by atoms with E-state index >= 15 is 0 Å². The first-order valence-electron chi connectivity index (χ1n) is 9.18. The number of benzene rings is 1.